The van der Waals surface area contributed by atoms with Crippen molar-refractivity contribution in [3.63, 3.8) is 0 Å². The molecule has 0 bridgehead atoms. The van der Waals surface area contributed by atoms with Crippen LogP contribution < -0.4 is 5.32 Å². The van der Waals surface area contributed by atoms with Gasteiger partial charge in [-0.05, 0) is 36.2 Å². The Labute approximate surface area is 105 Å². The van der Waals surface area contributed by atoms with Crippen molar-refractivity contribution >= 4 is 5.91 Å². The molecule has 91 valence electrons. The van der Waals surface area contributed by atoms with E-state index in [2.05, 4.69) is 11.4 Å². The first-order chi connectivity index (χ1) is 8.75. The molecule has 2 aromatic rings. The van der Waals surface area contributed by atoms with Crippen LogP contribution in [0.15, 0.2) is 48.5 Å². The first-order valence-electron chi connectivity index (χ1n) is 5.74. The van der Waals surface area contributed by atoms with Crippen molar-refractivity contribution in [2.45, 2.75) is 6.42 Å². The SMILES string of the molecule is O=C(NCCc1cc[c]cc1)c1cccc(F)c1. The van der Waals surface area contributed by atoms with E-state index >= 15 is 0 Å². The second-order valence-electron chi connectivity index (χ2n) is 3.92. The standard InChI is InChI=1S/C15H13FNO/c16-14-8-4-7-13(11-14)15(18)17-10-9-12-5-2-1-3-6-12/h2-8,11H,9-10H2,(H,17,18). The van der Waals surface area contributed by atoms with Gasteiger partial charge in [0.05, 0.1) is 0 Å². The second-order valence-corrected chi connectivity index (χ2v) is 3.92. The summed E-state index contributed by atoms with van der Waals surface area (Å²) in [5.41, 5.74) is 1.48. The molecule has 0 saturated carbocycles. The summed E-state index contributed by atoms with van der Waals surface area (Å²) in [7, 11) is 0. The molecule has 0 spiro atoms. The van der Waals surface area contributed by atoms with E-state index in [1.807, 2.05) is 24.3 Å². The number of hydrogen-bond acceptors (Lipinski definition) is 1. The average molecular weight is 242 g/mol. The first-order valence-corrected chi connectivity index (χ1v) is 5.74. The van der Waals surface area contributed by atoms with Crippen LogP contribution in [-0.4, -0.2) is 12.5 Å². The molecule has 1 N–H and O–H groups in total. The minimum atomic E-state index is -0.402. The van der Waals surface area contributed by atoms with Crippen LogP contribution in [0.2, 0.25) is 0 Å². The lowest BCUT2D eigenvalue weighted by atomic mass is 10.1. The van der Waals surface area contributed by atoms with Crippen molar-refractivity contribution in [2.24, 2.45) is 0 Å². The number of amides is 1. The molecule has 18 heavy (non-hydrogen) atoms. The summed E-state index contributed by atoms with van der Waals surface area (Å²) in [4.78, 5) is 11.7. The van der Waals surface area contributed by atoms with Gasteiger partial charge in [0.2, 0.25) is 0 Å². The van der Waals surface area contributed by atoms with Gasteiger partial charge in [-0.25, -0.2) is 4.39 Å². The molecule has 0 fully saturated rings. The Morgan fingerprint density at radius 3 is 2.72 bits per heavy atom. The maximum absolute atomic E-state index is 12.9. The van der Waals surface area contributed by atoms with Crippen molar-refractivity contribution in [3.8, 4) is 0 Å². The van der Waals surface area contributed by atoms with E-state index in [4.69, 9.17) is 0 Å². The zero-order valence-electron chi connectivity index (χ0n) is 9.82. The highest BCUT2D eigenvalue weighted by Crippen LogP contribution is 2.03. The lowest BCUT2D eigenvalue weighted by Gasteiger charge is -2.05. The third-order valence-electron chi connectivity index (χ3n) is 2.57. The van der Waals surface area contributed by atoms with E-state index in [0.29, 0.717) is 12.1 Å². The molecule has 1 radical (unpaired) electrons. The minimum absolute atomic E-state index is 0.253. The molecule has 0 aliphatic heterocycles. The van der Waals surface area contributed by atoms with Gasteiger partial charge < -0.3 is 5.32 Å². The fourth-order valence-electron chi connectivity index (χ4n) is 1.64. The van der Waals surface area contributed by atoms with Crippen LogP contribution in [0, 0.1) is 11.9 Å². The van der Waals surface area contributed by atoms with E-state index < -0.39 is 5.82 Å². The molecular formula is C15H13FNO. The minimum Gasteiger partial charge on any atom is -0.352 e. The molecule has 0 aliphatic carbocycles. The Hall–Kier alpha value is -2.16. The lowest BCUT2D eigenvalue weighted by Crippen LogP contribution is -2.25. The largest absolute Gasteiger partial charge is 0.352 e. The molecule has 0 aromatic heterocycles. The van der Waals surface area contributed by atoms with Crippen LogP contribution in [0.4, 0.5) is 4.39 Å². The predicted octanol–water partition coefficient (Wildman–Crippen LogP) is 2.60. The van der Waals surface area contributed by atoms with Crippen molar-refractivity contribution in [3.05, 3.63) is 71.5 Å². The van der Waals surface area contributed by atoms with E-state index in [0.717, 1.165) is 12.0 Å². The Morgan fingerprint density at radius 1 is 1.22 bits per heavy atom. The molecule has 0 atom stereocenters. The molecule has 1 amide bonds. The highest BCUT2D eigenvalue weighted by Gasteiger charge is 2.05. The van der Waals surface area contributed by atoms with Crippen LogP contribution >= 0.6 is 0 Å². The van der Waals surface area contributed by atoms with Crippen molar-refractivity contribution < 1.29 is 9.18 Å². The van der Waals surface area contributed by atoms with Crippen LogP contribution in [0.5, 0.6) is 0 Å². The monoisotopic (exact) mass is 242 g/mol. The molecule has 2 aromatic carbocycles. The maximum atomic E-state index is 12.9. The smallest absolute Gasteiger partial charge is 0.251 e. The van der Waals surface area contributed by atoms with Crippen molar-refractivity contribution in [2.75, 3.05) is 6.54 Å². The molecule has 0 aliphatic rings. The zero-order chi connectivity index (χ0) is 12.8. The number of carbonyl (C=O) groups excluding carboxylic acids is 1. The summed E-state index contributed by atoms with van der Waals surface area (Å²) in [5, 5.41) is 2.76. The third kappa shape index (κ3) is 3.42. The molecule has 2 nitrogen and oxygen atoms in total. The molecule has 2 rings (SSSR count). The third-order valence-corrected chi connectivity index (χ3v) is 2.57. The van der Waals surface area contributed by atoms with Gasteiger partial charge in [0.25, 0.3) is 5.91 Å². The highest BCUT2D eigenvalue weighted by molar-refractivity contribution is 5.94. The van der Waals surface area contributed by atoms with Crippen LogP contribution in [0.1, 0.15) is 15.9 Å². The Morgan fingerprint density at radius 2 is 2.00 bits per heavy atom. The molecule has 0 saturated heterocycles. The number of carbonyl (C=O) groups is 1. The molecule has 0 unspecified atom stereocenters. The second kappa shape index (κ2) is 5.96. The van der Waals surface area contributed by atoms with Gasteiger partial charge in [-0.3, -0.25) is 4.79 Å². The van der Waals surface area contributed by atoms with E-state index in [-0.39, 0.29) is 5.91 Å². The quantitative estimate of drug-likeness (QED) is 0.877. The van der Waals surface area contributed by atoms with Crippen LogP contribution in [0.3, 0.4) is 0 Å². The topological polar surface area (TPSA) is 29.1 Å². The van der Waals surface area contributed by atoms with Gasteiger partial charge in [0.1, 0.15) is 5.82 Å². The van der Waals surface area contributed by atoms with Crippen LogP contribution in [0.25, 0.3) is 0 Å². The summed E-state index contributed by atoms with van der Waals surface area (Å²) in [5.74, 6) is -0.654. The van der Waals surface area contributed by atoms with Crippen LogP contribution in [-0.2, 0) is 6.42 Å². The van der Waals surface area contributed by atoms with E-state index in [9.17, 15) is 9.18 Å². The number of hydrogen-bond donors (Lipinski definition) is 1. The summed E-state index contributed by atoms with van der Waals surface area (Å²) < 4.78 is 12.9. The van der Waals surface area contributed by atoms with Gasteiger partial charge in [-0.1, -0.05) is 30.3 Å². The molecule has 3 heteroatoms. The molecule has 0 heterocycles. The van der Waals surface area contributed by atoms with Gasteiger partial charge in [-0.2, -0.15) is 0 Å². The van der Waals surface area contributed by atoms with Gasteiger partial charge >= 0.3 is 0 Å². The van der Waals surface area contributed by atoms with E-state index in [1.54, 1.807) is 6.07 Å². The zero-order valence-corrected chi connectivity index (χ0v) is 9.82. The Balaban J connectivity index is 1.86. The van der Waals surface area contributed by atoms with Gasteiger partial charge in [0.15, 0.2) is 0 Å². The lowest BCUT2D eigenvalue weighted by molar-refractivity contribution is 0.0953. The van der Waals surface area contributed by atoms with Crippen molar-refractivity contribution in [1.82, 2.24) is 5.32 Å². The summed E-state index contributed by atoms with van der Waals surface area (Å²) in [6.07, 6.45) is 0.746. The maximum Gasteiger partial charge on any atom is 0.251 e. The number of benzene rings is 2. The van der Waals surface area contributed by atoms with E-state index in [1.165, 1.54) is 18.2 Å². The predicted molar refractivity (Wildman–Crippen MR) is 67.7 cm³/mol. The average Bonchev–Trinajstić information content (AvgIpc) is 2.40. The molecular weight excluding hydrogens is 229 g/mol. The van der Waals surface area contributed by atoms with Gasteiger partial charge in [0, 0.05) is 12.1 Å². The number of halogens is 1. The summed E-state index contributed by atoms with van der Waals surface area (Å²) >= 11 is 0. The highest BCUT2D eigenvalue weighted by atomic mass is 19.1. The fourth-order valence-corrected chi connectivity index (χ4v) is 1.64. The number of rotatable bonds is 4. The summed E-state index contributed by atoms with van der Waals surface area (Å²) in [6.45, 7) is 0.527. The Bertz CT molecular complexity index is 525. The first kappa shape index (κ1) is 12.3. The fraction of sp³-hybridized carbons (Fsp3) is 0.133. The van der Waals surface area contributed by atoms with Crippen molar-refractivity contribution in [1.29, 1.82) is 0 Å². The normalized spacial score (nSPS) is 10.1. The summed E-state index contributed by atoms with van der Waals surface area (Å²) in [6, 6.07) is 16.2. The number of nitrogens with one attached hydrogen (secondary N) is 1. The Kier molecular flexibility index (Phi) is 4.07. The van der Waals surface area contributed by atoms with Gasteiger partial charge in [-0.15, -0.1) is 0 Å².